The number of nitrogens with one attached hydrogen (secondary N) is 1. The van der Waals surface area contributed by atoms with Crippen LogP contribution in [0.4, 0.5) is 4.39 Å². The number of carbonyl (C=O) groups excluding carboxylic acids is 1. The predicted molar refractivity (Wildman–Crippen MR) is 88.4 cm³/mol. The second kappa shape index (κ2) is 6.65. The van der Waals surface area contributed by atoms with E-state index in [1.807, 2.05) is 13.8 Å². The molecule has 1 saturated heterocycles. The molecule has 1 fully saturated rings. The Balaban J connectivity index is 1.95. The number of amides is 1. The standard InChI is InChI=1S/C18H19FN4O2/c1-10-11(2)22-17(21-10)16-7-14(25-3)9-23(16)18(24)12-4-5-15(19)13(6-12)8-20/h4-6,14,16H,7,9H2,1-3H3,(H,21,22)/t14-,16+/m1/s1. The van der Waals surface area contributed by atoms with E-state index in [4.69, 9.17) is 10.00 Å². The lowest BCUT2D eigenvalue weighted by atomic mass is 10.1. The first-order chi connectivity index (χ1) is 11.9. The molecule has 25 heavy (non-hydrogen) atoms. The van der Waals surface area contributed by atoms with E-state index in [0.29, 0.717) is 18.8 Å². The van der Waals surface area contributed by atoms with Crippen molar-refractivity contribution in [1.29, 1.82) is 5.26 Å². The number of likely N-dealkylation sites (tertiary alicyclic amines) is 1. The molecular formula is C18H19FN4O2. The van der Waals surface area contributed by atoms with Crippen LogP contribution in [-0.2, 0) is 4.74 Å². The molecule has 1 N–H and O–H groups in total. The number of benzene rings is 1. The topological polar surface area (TPSA) is 82.0 Å². The van der Waals surface area contributed by atoms with Gasteiger partial charge in [-0.3, -0.25) is 4.79 Å². The zero-order valence-corrected chi connectivity index (χ0v) is 14.3. The molecule has 1 amide bonds. The monoisotopic (exact) mass is 342 g/mol. The fourth-order valence-electron chi connectivity index (χ4n) is 3.09. The Morgan fingerprint density at radius 3 is 2.84 bits per heavy atom. The molecule has 130 valence electrons. The Kier molecular flexibility index (Phi) is 4.55. The zero-order valence-electron chi connectivity index (χ0n) is 14.3. The molecule has 0 spiro atoms. The van der Waals surface area contributed by atoms with Gasteiger partial charge in [0.25, 0.3) is 5.91 Å². The summed E-state index contributed by atoms with van der Waals surface area (Å²) in [7, 11) is 1.61. The van der Waals surface area contributed by atoms with Gasteiger partial charge in [-0.15, -0.1) is 0 Å². The third-order valence-electron chi connectivity index (χ3n) is 4.65. The Labute approximate surface area is 145 Å². The summed E-state index contributed by atoms with van der Waals surface area (Å²) in [6.45, 7) is 4.25. The maximum absolute atomic E-state index is 13.5. The van der Waals surface area contributed by atoms with E-state index in [1.54, 1.807) is 18.1 Å². The number of imidazole rings is 1. The highest BCUT2D eigenvalue weighted by Crippen LogP contribution is 2.33. The van der Waals surface area contributed by atoms with E-state index in [-0.39, 0.29) is 29.2 Å². The number of halogens is 1. The van der Waals surface area contributed by atoms with Gasteiger partial charge in [-0.25, -0.2) is 9.37 Å². The van der Waals surface area contributed by atoms with Crippen molar-refractivity contribution in [2.45, 2.75) is 32.4 Å². The van der Waals surface area contributed by atoms with Crippen LogP contribution >= 0.6 is 0 Å². The van der Waals surface area contributed by atoms with Gasteiger partial charge < -0.3 is 14.6 Å². The molecule has 0 radical (unpaired) electrons. The van der Waals surface area contributed by atoms with Gasteiger partial charge in [0.1, 0.15) is 17.7 Å². The van der Waals surface area contributed by atoms with Gasteiger partial charge in [-0.2, -0.15) is 5.26 Å². The minimum atomic E-state index is -0.635. The van der Waals surface area contributed by atoms with Crippen LogP contribution in [0.3, 0.4) is 0 Å². The quantitative estimate of drug-likeness (QED) is 0.930. The third-order valence-corrected chi connectivity index (χ3v) is 4.65. The van der Waals surface area contributed by atoms with E-state index in [1.165, 1.54) is 12.1 Å². The second-order valence-electron chi connectivity index (χ2n) is 6.21. The summed E-state index contributed by atoms with van der Waals surface area (Å²) in [5.41, 5.74) is 1.97. The fraction of sp³-hybridized carbons (Fsp3) is 0.389. The zero-order chi connectivity index (χ0) is 18.1. The van der Waals surface area contributed by atoms with Gasteiger partial charge in [0.2, 0.25) is 0 Å². The van der Waals surface area contributed by atoms with E-state index < -0.39 is 5.82 Å². The first-order valence-corrected chi connectivity index (χ1v) is 8.01. The van der Waals surface area contributed by atoms with Crippen LogP contribution in [0.5, 0.6) is 0 Å². The van der Waals surface area contributed by atoms with Crippen molar-refractivity contribution in [1.82, 2.24) is 14.9 Å². The van der Waals surface area contributed by atoms with E-state index in [2.05, 4.69) is 9.97 Å². The number of hydrogen-bond donors (Lipinski definition) is 1. The Hall–Kier alpha value is -2.72. The number of aryl methyl sites for hydroxylation is 2. The Bertz CT molecular complexity index is 836. The normalized spacial score (nSPS) is 19.9. The molecule has 6 nitrogen and oxygen atoms in total. The number of H-pyrrole nitrogens is 1. The Morgan fingerprint density at radius 2 is 2.24 bits per heavy atom. The highest BCUT2D eigenvalue weighted by molar-refractivity contribution is 5.95. The molecule has 0 saturated carbocycles. The number of carbonyl (C=O) groups is 1. The molecule has 2 heterocycles. The van der Waals surface area contributed by atoms with Crippen LogP contribution in [0.1, 0.15) is 45.6 Å². The van der Waals surface area contributed by atoms with Crippen LogP contribution in [-0.4, -0.2) is 40.5 Å². The molecule has 1 aliphatic rings. The number of nitrogens with zero attached hydrogens (tertiary/aromatic N) is 3. The Morgan fingerprint density at radius 1 is 1.48 bits per heavy atom. The van der Waals surface area contributed by atoms with Crippen molar-refractivity contribution in [3.63, 3.8) is 0 Å². The maximum Gasteiger partial charge on any atom is 0.254 e. The lowest BCUT2D eigenvalue weighted by Gasteiger charge is -2.23. The van der Waals surface area contributed by atoms with Gasteiger partial charge in [0.05, 0.1) is 23.4 Å². The van der Waals surface area contributed by atoms with Gasteiger partial charge in [0.15, 0.2) is 0 Å². The molecule has 0 bridgehead atoms. The number of aromatic nitrogens is 2. The van der Waals surface area contributed by atoms with Crippen molar-refractivity contribution in [2.75, 3.05) is 13.7 Å². The average molecular weight is 342 g/mol. The number of hydrogen-bond acceptors (Lipinski definition) is 4. The van der Waals surface area contributed by atoms with Crippen molar-refractivity contribution in [3.8, 4) is 6.07 Å². The first-order valence-electron chi connectivity index (χ1n) is 8.01. The van der Waals surface area contributed by atoms with Gasteiger partial charge in [-0.05, 0) is 32.0 Å². The highest BCUT2D eigenvalue weighted by atomic mass is 19.1. The van der Waals surface area contributed by atoms with Crippen molar-refractivity contribution in [2.24, 2.45) is 0 Å². The molecule has 1 aliphatic heterocycles. The minimum Gasteiger partial charge on any atom is -0.380 e. The third kappa shape index (κ3) is 3.13. The van der Waals surface area contributed by atoms with Crippen LogP contribution < -0.4 is 0 Å². The minimum absolute atomic E-state index is 0.101. The summed E-state index contributed by atoms with van der Waals surface area (Å²) in [4.78, 5) is 22.4. The van der Waals surface area contributed by atoms with Gasteiger partial charge in [0, 0.05) is 31.3 Å². The molecule has 0 unspecified atom stereocenters. The van der Waals surface area contributed by atoms with Gasteiger partial charge in [-0.1, -0.05) is 0 Å². The average Bonchev–Trinajstić information content (AvgIpc) is 3.18. The molecule has 7 heteroatoms. The largest absolute Gasteiger partial charge is 0.380 e. The smallest absolute Gasteiger partial charge is 0.254 e. The lowest BCUT2D eigenvalue weighted by molar-refractivity contribution is 0.0684. The summed E-state index contributed by atoms with van der Waals surface area (Å²) in [6.07, 6.45) is 0.525. The fourth-order valence-corrected chi connectivity index (χ4v) is 3.09. The first kappa shape index (κ1) is 17.1. The molecular weight excluding hydrogens is 323 g/mol. The lowest BCUT2D eigenvalue weighted by Crippen LogP contribution is -2.32. The van der Waals surface area contributed by atoms with Crippen molar-refractivity contribution >= 4 is 5.91 Å². The van der Waals surface area contributed by atoms with Crippen molar-refractivity contribution in [3.05, 3.63) is 52.4 Å². The van der Waals surface area contributed by atoms with Crippen LogP contribution in [0.15, 0.2) is 18.2 Å². The number of methoxy groups -OCH3 is 1. The van der Waals surface area contributed by atoms with Crippen LogP contribution in [0.25, 0.3) is 0 Å². The molecule has 1 aromatic heterocycles. The SMILES string of the molecule is CO[C@@H]1C[C@@H](c2nc(C)c(C)[nH]2)N(C(=O)c2ccc(F)c(C#N)c2)C1. The van der Waals surface area contributed by atoms with Crippen molar-refractivity contribution < 1.29 is 13.9 Å². The summed E-state index contributed by atoms with van der Waals surface area (Å²) in [6, 6.07) is 5.34. The van der Waals surface area contributed by atoms with Crippen LogP contribution in [0.2, 0.25) is 0 Å². The summed E-state index contributed by atoms with van der Waals surface area (Å²) >= 11 is 0. The summed E-state index contributed by atoms with van der Waals surface area (Å²) in [5.74, 6) is -0.192. The number of nitriles is 1. The predicted octanol–water partition coefficient (Wildman–Crippen LogP) is 2.64. The highest BCUT2D eigenvalue weighted by Gasteiger charge is 2.38. The van der Waals surface area contributed by atoms with E-state index >= 15 is 0 Å². The van der Waals surface area contributed by atoms with E-state index in [0.717, 1.165) is 17.5 Å². The van der Waals surface area contributed by atoms with Crippen LogP contribution in [0, 0.1) is 31.0 Å². The molecule has 1 aromatic carbocycles. The molecule has 3 rings (SSSR count). The molecule has 0 aliphatic carbocycles. The second-order valence-corrected chi connectivity index (χ2v) is 6.21. The summed E-state index contributed by atoms with van der Waals surface area (Å²) < 4.78 is 19.0. The van der Waals surface area contributed by atoms with Gasteiger partial charge >= 0.3 is 0 Å². The number of ether oxygens (including phenoxy) is 1. The summed E-state index contributed by atoms with van der Waals surface area (Å²) in [5, 5.41) is 8.98. The number of rotatable bonds is 3. The maximum atomic E-state index is 13.5. The van der Waals surface area contributed by atoms with E-state index in [9.17, 15) is 9.18 Å². The number of aromatic amines is 1. The molecule has 2 aromatic rings. The molecule has 2 atom stereocenters.